The molecule has 16 heavy (non-hydrogen) atoms. The summed E-state index contributed by atoms with van der Waals surface area (Å²) in [4.78, 5) is 16.4. The highest BCUT2D eigenvalue weighted by Gasteiger charge is 2.06. The minimum atomic E-state index is -0.139. The van der Waals surface area contributed by atoms with Crippen LogP contribution in [-0.4, -0.2) is 9.55 Å². The Kier molecular flexibility index (Phi) is 2.83. The summed E-state index contributed by atoms with van der Waals surface area (Å²) in [5, 5.41) is 0. The molecule has 1 aromatic heterocycles. The zero-order valence-corrected chi connectivity index (χ0v) is 10.0. The standard InChI is InChI=1S/C12H12N2OS/c1-8-3-5-10(6-4-8)14-9(2)13-7-11(16)12(14)15/h3-7,16H,1-2H3. The van der Waals surface area contributed by atoms with Crippen LogP contribution >= 0.6 is 12.6 Å². The molecule has 0 fully saturated rings. The summed E-state index contributed by atoms with van der Waals surface area (Å²) < 4.78 is 1.56. The minimum absolute atomic E-state index is 0.139. The molecule has 3 nitrogen and oxygen atoms in total. The van der Waals surface area contributed by atoms with Crippen molar-refractivity contribution in [1.82, 2.24) is 9.55 Å². The predicted molar refractivity (Wildman–Crippen MR) is 66.6 cm³/mol. The second-order valence-electron chi connectivity index (χ2n) is 3.67. The molecule has 0 spiro atoms. The number of thiol groups is 1. The average molecular weight is 232 g/mol. The zero-order valence-electron chi connectivity index (χ0n) is 9.14. The molecule has 1 heterocycles. The second-order valence-corrected chi connectivity index (χ2v) is 4.15. The van der Waals surface area contributed by atoms with Gasteiger partial charge in [-0.25, -0.2) is 4.98 Å². The van der Waals surface area contributed by atoms with Crippen LogP contribution in [0.5, 0.6) is 0 Å². The van der Waals surface area contributed by atoms with Crippen LogP contribution < -0.4 is 5.56 Å². The SMILES string of the molecule is Cc1ccc(-n2c(C)ncc(S)c2=O)cc1. The molecule has 0 bridgehead atoms. The van der Waals surface area contributed by atoms with Crippen LogP contribution in [0.1, 0.15) is 11.4 Å². The van der Waals surface area contributed by atoms with E-state index in [1.165, 1.54) is 6.20 Å². The van der Waals surface area contributed by atoms with E-state index in [4.69, 9.17) is 0 Å². The number of rotatable bonds is 1. The van der Waals surface area contributed by atoms with Gasteiger partial charge < -0.3 is 0 Å². The Morgan fingerprint density at radius 3 is 2.44 bits per heavy atom. The van der Waals surface area contributed by atoms with Gasteiger partial charge in [0, 0.05) is 6.20 Å². The summed E-state index contributed by atoms with van der Waals surface area (Å²) in [5.41, 5.74) is 1.83. The number of hydrogen-bond donors (Lipinski definition) is 1. The first-order valence-electron chi connectivity index (χ1n) is 4.94. The molecule has 0 amide bonds. The van der Waals surface area contributed by atoms with Crippen molar-refractivity contribution in [2.75, 3.05) is 0 Å². The van der Waals surface area contributed by atoms with E-state index in [1.807, 2.05) is 31.2 Å². The Bertz CT molecular complexity index is 573. The maximum atomic E-state index is 11.9. The monoisotopic (exact) mass is 232 g/mol. The van der Waals surface area contributed by atoms with Crippen molar-refractivity contribution in [3.8, 4) is 5.69 Å². The predicted octanol–water partition coefficient (Wildman–Crippen LogP) is 2.14. The first-order valence-corrected chi connectivity index (χ1v) is 5.39. The molecule has 82 valence electrons. The fourth-order valence-electron chi connectivity index (χ4n) is 1.53. The zero-order chi connectivity index (χ0) is 11.7. The first-order chi connectivity index (χ1) is 7.59. The number of aryl methyl sites for hydroxylation is 2. The van der Waals surface area contributed by atoms with Gasteiger partial charge in [0.25, 0.3) is 5.56 Å². The van der Waals surface area contributed by atoms with E-state index in [9.17, 15) is 4.79 Å². The molecule has 0 aliphatic rings. The normalized spacial score (nSPS) is 10.4. The second kappa shape index (κ2) is 4.14. The number of benzene rings is 1. The van der Waals surface area contributed by atoms with Gasteiger partial charge in [0.1, 0.15) is 5.82 Å². The molecular formula is C12H12N2OS. The van der Waals surface area contributed by atoms with Gasteiger partial charge in [-0.3, -0.25) is 9.36 Å². The van der Waals surface area contributed by atoms with Crippen molar-refractivity contribution in [3.63, 3.8) is 0 Å². The van der Waals surface area contributed by atoms with E-state index in [1.54, 1.807) is 11.5 Å². The lowest BCUT2D eigenvalue weighted by atomic mass is 10.2. The smallest absolute Gasteiger partial charge is 0.268 e. The fourth-order valence-corrected chi connectivity index (χ4v) is 1.68. The molecule has 4 heteroatoms. The summed E-state index contributed by atoms with van der Waals surface area (Å²) in [6, 6.07) is 7.73. The van der Waals surface area contributed by atoms with Gasteiger partial charge in [-0.1, -0.05) is 17.7 Å². The van der Waals surface area contributed by atoms with Crippen LogP contribution in [0.15, 0.2) is 40.2 Å². The van der Waals surface area contributed by atoms with Crippen molar-refractivity contribution in [3.05, 3.63) is 52.2 Å². The highest BCUT2D eigenvalue weighted by molar-refractivity contribution is 7.80. The lowest BCUT2D eigenvalue weighted by Crippen LogP contribution is -2.22. The minimum Gasteiger partial charge on any atom is -0.268 e. The van der Waals surface area contributed by atoms with Gasteiger partial charge in [-0.2, -0.15) is 0 Å². The molecule has 0 unspecified atom stereocenters. The van der Waals surface area contributed by atoms with E-state index >= 15 is 0 Å². The van der Waals surface area contributed by atoms with Crippen molar-refractivity contribution >= 4 is 12.6 Å². The highest BCUT2D eigenvalue weighted by atomic mass is 32.1. The van der Waals surface area contributed by atoms with Crippen LogP contribution in [0.4, 0.5) is 0 Å². The molecule has 2 aromatic rings. The van der Waals surface area contributed by atoms with Gasteiger partial charge in [0.2, 0.25) is 0 Å². The lowest BCUT2D eigenvalue weighted by Gasteiger charge is -2.09. The Labute approximate surface area is 99.2 Å². The Hall–Kier alpha value is -1.55. The molecular weight excluding hydrogens is 220 g/mol. The maximum Gasteiger partial charge on any atom is 0.271 e. The first kappa shape index (κ1) is 11.0. The summed E-state index contributed by atoms with van der Waals surface area (Å²) in [7, 11) is 0. The van der Waals surface area contributed by atoms with Gasteiger partial charge in [0.15, 0.2) is 0 Å². The number of nitrogens with zero attached hydrogens (tertiary/aromatic N) is 2. The van der Waals surface area contributed by atoms with Crippen LogP contribution in [0.2, 0.25) is 0 Å². The average Bonchev–Trinajstić information content (AvgIpc) is 2.27. The van der Waals surface area contributed by atoms with Crippen LogP contribution in [0.3, 0.4) is 0 Å². The quantitative estimate of drug-likeness (QED) is 0.764. The summed E-state index contributed by atoms with van der Waals surface area (Å²) in [5.74, 6) is 0.659. The molecule has 0 N–H and O–H groups in total. The highest BCUT2D eigenvalue weighted by Crippen LogP contribution is 2.09. The Morgan fingerprint density at radius 2 is 1.81 bits per heavy atom. The molecule has 2 rings (SSSR count). The Balaban J connectivity index is 2.69. The van der Waals surface area contributed by atoms with E-state index < -0.39 is 0 Å². The molecule has 0 saturated heterocycles. The lowest BCUT2D eigenvalue weighted by molar-refractivity contribution is 0.836. The largest absolute Gasteiger partial charge is 0.271 e. The Morgan fingerprint density at radius 1 is 1.19 bits per heavy atom. The third-order valence-electron chi connectivity index (χ3n) is 2.41. The molecule has 0 radical (unpaired) electrons. The van der Waals surface area contributed by atoms with Gasteiger partial charge in [-0.05, 0) is 26.0 Å². The number of aromatic nitrogens is 2. The van der Waals surface area contributed by atoms with Crippen molar-refractivity contribution in [2.45, 2.75) is 18.7 Å². The summed E-state index contributed by atoms with van der Waals surface area (Å²) in [6.07, 6.45) is 1.48. The maximum absolute atomic E-state index is 11.9. The van der Waals surface area contributed by atoms with E-state index in [0.29, 0.717) is 10.7 Å². The van der Waals surface area contributed by atoms with Crippen LogP contribution in [0, 0.1) is 13.8 Å². The van der Waals surface area contributed by atoms with Crippen molar-refractivity contribution in [1.29, 1.82) is 0 Å². The van der Waals surface area contributed by atoms with E-state index in [0.717, 1.165) is 11.3 Å². The molecule has 0 saturated carbocycles. The van der Waals surface area contributed by atoms with E-state index in [-0.39, 0.29) is 5.56 Å². The molecule has 0 atom stereocenters. The van der Waals surface area contributed by atoms with Crippen LogP contribution in [-0.2, 0) is 0 Å². The van der Waals surface area contributed by atoms with Crippen molar-refractivity contribution < 1.29 is 0 Å². The van der Waals surface area contributed by atoms with Gasteiger partial charge in [0.05, 0.1) is 10.6 Å². The van der Waals surface area contributed by atoms with Gasteiger partial charge in [-0.15, -0.1) is 12.6 Å². The molecule has 0 aliphatic heterocycles. The molecule has 1 aromatic carbocycles. The summed E-state index contributed by atoms with van der Waals surface area (Å²) in [6.45, 7) is 3.81. The third kappa shape index (κ3) is 1.88. The van der Waals surface area contributed by atoms with Crippen LogP contribution in [0.25, 0.3) is 5.69 Å². The third-order valence-corrected chi connectivity index (χ3v) is 2.72. The molecule has 0 aliphatic carbocycles. The van der Waals surface area contributed by atoms with E-state index in [2.05, 4.69) is 17.6 Å². The topological polar surface area (TPSA) is 34.9 Å². The van der Waals surface area contributed by atoms with Crippen molar-refractivity contribution in [2.24, 2.45) is 0 Å². The summed E-state index contributed by atoms with van der Waals surface area (Å²) >= 11 is 4.09. The number of hydrogen-bond acceptors (Lipinski definition) is 3. The fraction of sp³-hybridized carbons (Fsp3) is 0.167. The van der Waals surface area contributed by atoms with Gasteiger partial charge >= 0.3 is 0 Å².